The maximum atomic E-state index is 12.0. The van der Waals surface area contributed by atoms with Gasteiger partial charge < -0.3 is 4.74 Å². The van der Waals surface area contributed by atoms with Gasteiger partial charge in [-0.2, -0.15) is 0 Å². The summed E-state index contributed by atoms with van der Waals surface area (Å²) in [5.74, 6) is 3.28. The van der Waals surface area contributed by atoms with E-state index in [9.17, 15) is 4.79 Å². The lowest BCUT2D eigenvalue weighted by atomic mass is 9.77. The SMILES string of the molecule is C#Cc1c2ccccc2c(Br)c2cc(-c3cc(C(C)(C)C)c(OC(C)=O)c(C(C)(C)C)c3)ccc12. The smallest absolute Gasteiger partial charge is 0.308 e. The summed E-state index contributed by atoms with van der Waals surface area (Å²) in [4.78, 5) is 12.0. The van der Waals surface area contributed by atoms with Crippen LogP contribution in [-0.2, 0) is 15.6 Å². The molecule has 4 aromatic rings. The van der Waals surface area contributed by atoms with Gasteiger partial charge in [0.15, 0.2) is 0 Å². The molecule has 35 heavy (non-hydrogen) atoms. The van der Waals surface area contributed by atoms with Gasteiger partial charge in [-0.25, -0.2) is 0 Å². The zero-order valence-corrected chi connectivity index (χ0v) is 23.1. The van der Waals surface area contributed by atoms with Crippen LogP contribution in [0.1, 0.15) is 65.2 Å². The van der Waals surface area contributed by atoms with E-state index >= 15 is 0 Å². The summed E-state index contributed by atoms with van der Waals surface area (Å²) in [6, 6.07) is 19.0. The standard InChI is InChI=1S/C32H31BrO2/c1-9-22-23-12-10-11-13-25(23)29(33)26-16-20(14-15-24(22)26)21-17-27(31(3,4)5)30(35-19(2)34)28(18-21)32(6,7)8/h1,10-18H,2-8H3. The Hall–Kier alpha value is -3.09. The zero-order chi connectivity index (χ0) is 25.7. The summed E-state index contributed by atoms with van der Waals surface area (Å²) in [7, 11) is 0. The Labute approximate surface area is 216 Å². The van der Waals surface area contributed by atoms with Gasteiger partial charge in [0.2, 0.25) is 0 Å². The van der Waals surface area contributed by atoms with E-state index in [0.717, 1.165) is 53.8 Å². The fourth-order valence-corrected chi connectivity index (χ4v) is 5.30. The molecule has 0 unspecified atom stereocenters. The van der Waals surface area contributed by atoms with E-state index in [1.54, 1.807) is 0 Å². The molecule has 0 heterocycles. The first-order valence-corrected chi connectivity index (χ1v) is 12.6. The van der Waals surface area contributed by atoms with E-state index < -0.39 is 0 Å². The highest BCUT2D eigenvalue weighted by atomic mass is 79.9. The van der Waals surface area contributed by atoms with Crippen molar-refractivity contribution in [2.75, 3.05) is 0 Å². The third kappa shape index (κ3) is 4.60. The van der Waals surface area contributed by atoms with E-state index in [4.69, 9.17) is 11.2 Å². The van der Waals surface area contributed by atoms with Crippen molar-refractivity contribution in [3.8, 4) is 29.2 Å². The van der Waals surface area contributed by atoms with E-state index in [0.29, 0.717) is 5.75 Å². The quantitative estimate of drug-likeness (QED) is 0.113. The predicted octanol–water partition coefficient (Wildman–Crippen LogP) is 8.92. The van der Waals surface area contributed by atoms with Crippen molar-refractivity contribution in [3.63, 3.8) is 0 Å². The Morgan fingerprint density at radius 1 is 0.800 bits per heavy atom. The van der Waals surface area contributed by atoms with Crippen molar-refractivity contribution in [3.05, 3.63) is 75.8 Å². The third-order valence-electron chi connectivity index (χ3n) is 6.39. The molecule has 4 rings (SSSR count). The summed E-state index contributed by atoms with van der Waals surface area (Å²) in [6.45, 7) is 14.3. The third-order valence-corrected chi connectivity index (χ3v) is 7.24. The monoisotopic (exact) mass is 526 g/mol. The van der Waals surface area contributed by atoms with Crippen LogP contribution in [0.5, 0.6) is 5.75 Å². The van der Waals surface area contributed by atoms with Crippen molar-refractivity contribution in [2.45, 2.75) is 59.3 Å². The molecule has 4 aromatic carbocycles. The minimum atomic E-state index is -0.308. The van der Waals surface area contributed by atoms with Crippen LogP contribution in [0.25, 0.3) is 32.7 Å². The second-order valence-corrected chi connectivity index (χ2v) is 11.9. The van der Waals surface area contributed by atoms with Crippen LogP contribution < -0.4 is 4.74 Å². The molecule has 2 nitrogen and oxygen atoms in total. The normalized spacial score (nSPS) is 12.1. The van der Waals surface area contributed by atoms with E-state index in [2.05, 4.69) is 106 Å². The summed E-state index contributed by atoms with van der Waals surface area (Å²) in [5.41, 5.74) is 4.66. The number of rotatable bonds is 2. The van der Waals surface area contributed by atoms with Crippen molar-refractivity contribution < 1.29 is 9.53 Å². The Kier molecular flexibility index (Phi) is 6.32. The summed E-state index contributed by atoms with van der Waals surface area (Å²) in [6.07, 6.45) is 5.97. The summed E-state index contributed by atoms with van der Waals surface area (Å²) < 4.78 is 6.85. The predicted molar refractivity (Wildman–Crippen MR) is 151 cm³/mol. The molecule has 0 aromatic heterocycles. The van der Waals surface area contributed by atoms with Crippen molar-refractivity contribution in [2.24, 2.45) is 0 Å². The van der Waals surface area contributed by atoms with Gasteiger partial charge in [0.05, 0.1) is 0 Å². The van der Waals surface area contributed by atoms with Crippen LogP contribution in [0.2, 0.25) is 0 Å². The average molecular weight is 528 g/mol. The number of hydrogen-bond acceptors (Lipinski definition) is 2. The van der Waals surface area contributed by atoms with Gasteiger partial charge in [0, 0.05) is 28.1 Å². The molecule has 0 atom stereocenters. The number of fused-ring (bicyclic) bond motifs is 2. The summed E-state index contributed by atoms with van der Waals surface area (Å²) in [5, 5.41) is 4.29. The van der Waals surface area contributed by atoms with Crippen molar-refractivity contribution in [1.82, 2.24) is 0 Å². The number of terminal acetylenes is 1. The number of halogens is 1. The molecule has 0 spiro atoms. The number of carbonyl (C=O) groups is 1. The second kappa shape index (κ2) is 8.85. The zero-order valence-electron chi connectivity index (χ0n) is 21.5. The molecular weight excluding hydrogens is 496 g/mol. The maximum Gasteiger partial charge on any atom is 0.308 e. The van der Waals surface area contributed by atoms with Crippen LogP contribution in [0.3, 0.4) is 0 Å². The number of ether oxygens (including phenoxy) is 1. The molecule has 0 radical (unpaired) electrons. The van der Waals surface area contributed by atoms with Crippen LogP contribution in [0.4, 0.5) is 0 Å². The van der Waals surface area contributed by atoms with Crippen LogP contribution >= 0.6 is 15.9 Å². The highest BCUT2D eigenvalue weighted by Crippen LogP contribution is 2.44. The van der Waals surface area contributed by atoms with Gasteiger partial charge in [0.1, 0.15) is 5.75 Å². The van der Waals surface area contributed by atoms with E-state index in [1.807, 2.05) is 12.1 Å². The number of carbonyl (C=O) groups excluding carboxylic acids is 1. The van der Waals surface area contributed by atoms with Gasteiger partial charge in [-0.1, -0.05) is 83.9 Å². The first kappa shape index (κ1) is 25.0. The van der Waals surface area contributed by atoms with Crippen LogP contribution in [-0.4, -0.2) is 5.97 Å². The molecule has 0 saturated heterocycles. The molecule has 0 bridgehead atoms. The largest absolute Gasteiger partial charge is 0.426 e. The van der Waals surface area contributed by atoms with Gasteiger partial charge in [-0.15, -0.1) is 6.42 Å². The van der Waals surface area contributed by atoms with Gasteiger partial charge in [-0.05, 0) is 77.6 Å². The molecule has 178 valence electrons. The molecule has 0 aliphatic carbocycles. The fourth-order valence-electron chi connectivity index (χ4n) is 4.63. The minimum Gasteiger partial charge on any atom is -0.426 e. The highest BCUT2D eigenvalue weighted by Gasteiger charge is 2.29. The number of benzene rings is 4. The van der Waals surface area contributed by atoms with Gasteiger partial charge in [0.25, 0.3) is 0 Å². The topological polar surface area (TPSA) is 26.3 Å². The molecular formula is C32H31BrO2. The number of esters is 1. The Morgan fingerprint density at radius 3 is 1.86 bits per heavy atom. The Balaban J connectivity index is 2.06. The maximum absolute atomic E-state index is 12.0. The van der Waals surface area contributed by atoms with Crippen molar-refractivity contribution >= 4 is 43.4 Å². The molecule has 3 heteroatoms. The first-order valence-electron chi connectivity index (χ1n) is 11.8. The van der Waals surface area contributed by atoms with Gasteiger partial charge >= 0.3 is 5.97 Å². The lowest BCUT2D eigenvalue weighted by molar-refractivity contribution is -0.132. The van der Waals surface area contributed by atoms with Crippen LogP contribution in [0, 0.1) is 12.3 Å². The Bertz CT molecular complexity index is 1490. The molecule has 0 fully saturated rings. The van der Waals surface area contributed by atoms with Crippen molar-refractivity contribution in [1.29, 1.82) is 0 Å². The Morgan fingerprint density at radius 2 is 1.34 bits per heavy atom. The second-order valence-electron chi connectivity index (χ2n) is 11.1. The molecule has 0 aliphatic heterocycles. The number of hydrogen-bond donors (Lipinski definition) is 0. The highest BCUT2D eigenvalue weighted by molar-refractivity contribution is 9.10. The van der Waals surface area contributed by atoms with Gasteiger partial charge in [-0.3, -0.25) is 4.79 Å². The molecule has 0 amide bonds. The lowest BCUT2D eigenvalue weighted by Crippen LogP contribution is -2.21. The molecule has 0 aliphatic rings. The van der Waals surface area contributed by atoms with Crippen LogP contribution in [0.15, 0.2) is 59.1 Å². The average Bonchev–Trinajstić information content (AvgIpc) is 2.77. The first-order chi connectivity index (χ1) is 16.3. The minimum absolute atomic E-state index is 0.217. The van der Waals surface area contributed by atoms with E-state index in [-0.39, 0.29) is 16.8 Å². The van der Waals surface area contributed by atoms with E-state index in [1.165, 1.54) is 6.92 Å². The fraction of sp³-hybridized carbons (Fsp3) is 0.281. The molecule has 0 saturated carbocycles. The summed E-state index contributed by atoms with van der Waals surface area (Å²) >= 11 is 3.86. The molecule has 0 N–H and O–H groups in total. The lowest BCUT2D eigenvalue weighted by Gasteiger charge is -2.30.